The number of aromatic nitrogens is 3. The molecule has 0 bridgehead atoms. The summed E-state index contributed by atoms with van der Waals surface area (Å²) in [4.78, 5) is 4.51. The number of hydrogen-bond acceptors (Lipinski definition) is 2. The number of aromatic amines is 1. The minimum Gasteiger partial charge on any atom is -0.263 e. The fourth-order valence-corrected chi connectivity index (χ4v) is 2.29. The number of nitrogens with zero attached hydrogens (tertiary/aromatic N) is 2. The molecule has 0 spiro atoms. The highest BCUT2D eigenvalue weighted by molar-refractivity contribution is 5.83. The van der Waals surface area contributed by atoms with Gasteiger partial charge in [-0.05, 0) is 22.8 Å². The second-order valence-corrected chi connectivity index (χ2v) is 4.81. The van der Waals surface area contributed by atoms with E-state index in [0.29, 0.717) is 0 Å². The zero-order valence-electron chi connectivity index (χ0n) is 11.1. The average Bonchev–Trinajstić information content (AvgIpc) is 2.86. The van der Waals surface area contributed by atoms with Gasteiger partial charge in [-0.15, -0.1) is 0 Å². The fourth-order valence-electron chi connectivity index (χ4n) is 2.29. The summed E-state index contributed by atoms with van der Waals surface area (Å²) in [5.74, 6) is 1.86. The molecule has 96 valence electrons. The maximum absolute atomic E-state index is 4.51. The lowest BCUT2D eigenvalue weighted by Gasteiger charge is -2.01. The lowest BCUT2D eigenvalue weighted by atomic mass is 10.1. The minimum absolute atomic E-state index is 0.807. The maximum atomic E-state index is 4.51. The van der Waals surface area contributed by atoms with Crippen molar-refractivity contribution < 1.29 is 0 Å². The summed E-state index contributed by atoms with van der Waals surface area (Å²) in [7, 11) is 0. The molecule has 2 aromatic carbocycles. The molecule has 0 amide bonds. The lowest BCUT2D eigenvalue weighted by molar-refractivity contribution is 0.841. The first-order valence-corrected chi connectivity index (χ1v) is 6.73. The third-order valence-electron chi connectivity index (χ3n) is 3.24. The van der Waals surface area contributed by atoms with Crippen molar-refractivity contribution in [3.63, 3.8) is 0 Å². The Bertz CT molecular complexity index is 685. The van der Waals surface area contributed by atoms with E-state index in [4.69, 9.17) is 0 Å². The summed E-state index contributed by atoms with van der Waals surface area (Å²) in [5, 5.41) is 9.80. The zero-order chi connectivity index (χ0) is 13.1. The van der Waals surface area contributed by atoms with Crippen molar-refractivity contribution in [1.29, 1.82) is 0 Å². The van der Waals surface area contributed by atoms with Gasteiger partial charge in [0, 0.05) is 12.8 Å². The Labute approximate surface area is 112 Å². The van der Waals surface area contributed by atoms with Crippen LogP contribution in [0.5, 0.6) is 0 Å². The van der Waals surface area contributed by atoms with Gasteiger partial charge < -0.3 is 0 Å². The molecule has 0 aliphatic rings. The van der Waals surface area contributed by atoms with Crippen LogP contribution in [0.3, 0.4) is 0 Å². The molecule has 0 fully saturated rings. The van der Waals surface area contributed by atoms with Crippen molar-refractivity contribution in [3.8, 4) is 0 Å². The summed E-state index contributed by atoms with van der Waals surface area (Å²) < 4.78 is 0. The van der Waals surface area contributed by atoms with Gasteiger partial charge in [-0.2, -0.15) is 5.10 Å². The number of hydrogen-bond donors (Lipinski definition) is 1. The molecule has 1 N–H and O–H groups in total. The van der Waals surface area contributed by atoms with E-state index in [1.165, 1.54) is 16.3 Å². The summed E-state index contributed by atoms with van der Waals surface area (Å²) in [6.07, 6.45) is 2.82. The molecule has 1 aromatic heterocycles. The molecule has 3 heteroatoms. The van der Waals surface area contributed by atoms with Gasteiger partial charge in [-0.3, -0.25) is 5.10 Å². The van der Waals surface area contributed by atoms with Gasteiger partial charge in [0.15, 0.2) is 5.82 Å². The van der Waals surface area contributed by atoms with E-state index < -0.39 is 0 Å². The van der Waals surface area contributed by atoms with Gasteiger partial charge in [0.2, 0.25) is 0 Å². The number of H-pyrrole nitrogens is 1. The molecule has 0 saturated carbocycles. The first kappa shape index (κ1) is 11.9. The molecule has 0 aliphatic heterocycles. The maximum Gasteiger partial charge on any atom is 0.150 e. The lowest BCUT2D eigenvalue weighted by Crippen LogP contribution is -1.91. The summed E-state index contributed by atoms with van der Waals surface area (Å²) in [6, 6.07) is 14.9. The van der Waals surface area contributed by atoms with Gasteiger partial charge in [-0.25, -0.2) is 4.98 Å². The van der Waals surface area contributed by atoms with E-state index >= 15 is 0 Å². The summed E-state index contributed by atoms with van der Waals surface area (Å²) >= 11 is 0. The second kappa shape index (κ2) is 5.22. The van der Waals surface area contributed by atoms with Crippen molar-refractivity contribution in [2.45, 2.75) is 26.2 Å². The Hall–Kier alpha value is -2.16. The molecule has 3 aromatic rings. The van der Waals surface area contributed by atoms with Gasteiger partial charge in [-0.1, -0.05) is 49.4 Å². The molecule has 3 nitrogen and oxygen atoms in total. The smallest absolute Gasteiger partial charge is 0.150 e. The Morgan fingerprint density at radius 2 is 1.89 bits per heavy atom. The van der Waals surface area contributed by atoms with Gasteiger partial charge >= 0.3 is 0 Å². The Morgan fingerprint density at radius 1 is 1.05 bits per heavy atom. The largest absolute Gasteiger partial charge is 0.263 e. The van der Waals surface area contributed by atoms with E-state index in [1.807, 2.05) is 0 Å². The van der Waals surface area contributed by atoms with Crippen LogP contribution in [-0.2, 0) is 12.8 Å². The molecular weight excluding hydrogens is 234 g/mol. The number of benzene rings is 2. The van der Waals surface area contributed by atoms with Crippen LogP contribution in [0, 0.1) is 0 Å². The number of fused-ring (bicyclic) bond motifs is 1. The zero-order valence-corrected chi connectivity index (χ0v) is 11.1. The van der Waals surface area contributed by atoms with E-state index in [9.17, 15) is 0 Å². The quantitative estimate of drug-likeness (QED) is 0.771. The summed E-state index contributed by atoms with van der Waals surface area (Å²) in [5.41, 5.74) is 1.26. The SMILES string of the molecule is CCCc1n[nH]c(Cc2ccc3ccccc3c2)n1. The van der Waals surface area contributed by atoms with E-state index in [1.54, 1.807) is 0 Å². The number of nitrogens with one attached hydrogen (secondary N) is 1. The Balaban J connectivity index is 1.83. The van der Waals surface area contributed by atoms with Crippen LogP contribution in [0.15, 0.2) is 42.5 Å². The van der Waals surface area contributed by atoms with Crippen LogP contribution in [0.2, 0.25) is 0 Å². The predicted molar refractivity (Wildman–Crippen MR) is 77.1 cm³/mol. The van der Waals surface area contributed by atoms with Crippen LogP contribution >= 0.6 is 0 Å². The molecule has 0 unspecified atom stereocenters. The predicted octanol–water partition coefficient (Wildman–Crippen LogP) is 3.50. The van der Waals surface area contributed by atoms with E-state index in [0.717, 1.165) is 30.9 Å². The van der Waals surface area contributed by atoms with Crippen LogP contribution in [0.1, 0.15) is 30.6 Å². The van der Waals surface area contributed by atoms with Gasteiger partial charge in [0.05, 0.1) is 0 Å². The second-order valence-electron chi connectivity index (χ2n) is 4.81. The van der Waals surface area contributed by atoms with Crippen LogP contribution in [-0.4, -0.2) is 15.2 Å². The topological polar surface area (TPSA) is 41.6 Å². The minimum atomic E-state index is 0.807. The highest BCUT2D eigenvalue weighted by Gasteiger charge is 2.04. The van der Waals surface area contributed by atoms with Crippen molar-refractivity contribution in [2.75, 3.05) is 0 Å². The molecule has 1 heterocycles. The standard InChI is InChI=1S/C16H17N3/c1-2-5-15-17-16(19-18-15)11-12-8-9-13-6-3-4-7-14(13)10-12/h3-4,6-10H,2,5,11H2,1H3,(H,17,18,19). The third kappa shape index (κ3) is 2.65. The van der Waals surface area contributed by atoms with Crippen molar-refractivity contribution >= 4 is 10.8 Å². The first-order valence-electron chi connectivity index (χ1n) is 6.73. The van der Waals surface area contributed by atoms with Crippen molar-refractivity contribution in [1.82, 2.24) is 15.2 Å². The number of aryl methyl sites for hydroxylation is 1. The number of rotatable bonds is 4. The van der Waals surface area contributed by atoms with Crippen LogP contribution < -0.4 is 0 Å². The normalized spacial score (nSPS) is 11.0. The molecule has 3 rings (SSSR count). The van der Waals surface area contributed by atoms with Gasteiger partial charge in [0.25, 0.3) is 0 Å². The Morgan fingerprint density at radius 3 is 2.74 bits per heavy atom. The van der Waals surface area contributed by atoms with Gasteiger partial charge in [0.1, 0.15) is 5.82 Å². The fraction of sp³-hybridized carbons (Fsp3) is 0.250. The van der Waals surface area contributed by atoms with Crippen LogP contribution in [0.4, 0.5) is 0 Å². The molecule has 0 radical (unpaired) electrons. The Kier molecular flexibility index (Phi) is 3.27. The van der Waals surface area contributed by atoms with E-state index in [-0.39, 0.29) is 0 Å². The molecule has 0 saturated heterocycles. The highest BCUT2D eigenvalue weighted by Crippen LogP contribution is 2.17. The molecule has 0 aliphatic carbocycles. The van der Waals surface area contributed by atoms with Crippen molar-refractivity contribution in [2.24, 2.45) is 0 Å². The highest BCUT2D eigenvalue weighted by atomic mass is 15.2. The van der Waals surface area contributed by atoms with Crippen LogP contribution in [0.25, 0.3) is 10.8 Å². The monoisotopic (exact) mass is 251 g/mol. The molecular formula is C16H17N3. The first-order chi connectivity index (χ1) is 9.35. The summed E-state index contributed by atoms with van der Waals surface area (Å²) in [6.45, 7) is 2.14. The van der Waals surface area contributed by atoms with E-state index in [2.05, 4.69) is 64.6 Å². The molecule has 19 heavy (non-hydrogen) atoms. The van der Waals surface area contributed by atoms with Crippen molar-refractivity contribution in [3.05, 3.63) is 59.7 Å². The molecule has 0 atom stereocenters. The third-order valence-corrected chi connectivity index (χ3v) is 3.24. The average molecular weight is 251 g/mol.